The molecule has 5 aliphatic rings. The smallest absolute Gasteiger partial charge is 0.136 e. The molecule has 0 saturated heterocycles. The molecule has 0 N–H and O–H groups in total. The van der Waals surface area contributed by atoms with Crippen molar-refractivity contribution in [2.45, 2.75) is 37.5 Å². The molecular weight excluding hydrogens is 583 g/mol. The minimum atomic E-state index is 0.196. The van der Waals surface area contributed by atoms with Gasteiger partial charge in [0.1, 0.15) is 11.2 Å². The number of para-hydroxylation sites is 2. The summed E-state index contributed by atoms with van der Waals surface area (Å²) in [6.07, 6.45) is 7.14. The second-order valence-electron chi connectivity index (χ2n) is 15.3. The van der Waals surface area contributed by atoms with Crippen molar-refractivity contribution in [2.24, 2.45) is 23.7 Å². The van der Waals surface area contributed by atoms with Crippen molar-refractivity contribution in [1.29, 1.82) is 0 Å². The Bertz CT molecular complexity index is 2620. The molecule has 6 aromatic carbocycles. The molecule has 2 heteroatoms. The number of rotatable bonds is 2. The normalized spacial score (nSPS) is 25.2. The predicted molar refractivity (Wildman–Crippen MR) is 197 cm³/mol. The predicted octanol–water partition coefficient (Wildman–Crippen LogP) is 12.1. The van der Waals surface area contributed by atoms with Gasteiger partial charge in [-0.15, -0.1) is 0 Å². The van der Waals surface area contributed by atoms with Crippen molar-refractivity contribution in [3.8, 4) is 27.9 Å². The van der Waals surface area contributed by atoms with Crippen LogP contribution in [0.1, 0.15) is 43.2 Å². The minimum absolute atomic E-state index is 0.196. The van der Waals surface area contributed by atoms with Gasteiger partial charge < -0.3 is 8.98 Å². The molecule has 1 spiro atoms. The third-order valence-corrected chi connectivity index (χ3v) is 13.2. The molecule has 2 aromatic heterocycles. The zero-order chi connectivity index (χ0) is 31.1. The lowest BCUT2D eigenvalue weighted by Gasteiger charge is -2.61. The fraction of sp³-hybridized carbons (Fsp3) is 0.217. The number of fused-ring (bicyclic) bond motifs is 9. The van der Waals surface area contributed by atoms with Gasteiger partial charge in [-0.1, -0.05) is 84.9 Å². The summed E-state index contributed by atoms with van der Waals surface area (Å²) in [7, 11) is 0. The van der Waals surface area contributed by atoms with Crippen molar-refractivity contribution in [3.63, 3.8) is 0 Å². The van der Waals surface area contributed by atoms with E-state index in [1.54, 1.807) is 11.1 Å². The van der Waals surface area contributed by atoms with Crippen LogP contribution in [0.15, 0.2) is 132 Å². The monoisotopic (exact) mass is 617 g/mol. The molecule has 5 aliphatic carbocycles. The highest BCUT2D eigenvalue weighted by molar-refractivity contribution is 6.11. The lowest BCUT2D eigenvalue weighted by Crippen LogP contribution is -2.55. The molecule has 4 fully saturated rings. The van der Waals surface area contributed by atoms with E-state index in [1.165, 1.54) is 92.6 Å². The molecule has 0 radical (unpaired) electrons. The average Bonchev–Trinajstić information content (AvgIpc) is 3.76. The molecule has 0 amide bonds. The van der Waals surface area contributed by atoms with E-state index in [4.69, 9.17) is 4.42 Å². The van der Waals surface area contributed by atoms with E-state index in [-0.39, 0.29) is 5.41 Å². The van der Waals surface area contributed by atoms with Crippen LogP contribution in [-0.4, -0.2) is 4.57 Å². The summed E-state index contributed by atoms with van der Waals surface area (Å²) in [5, 5.41) is 4.92. The van der Waals surface area contributed by atoms with E-state index < -0.39 is 0 Å². The summed E-state index contributed by atoms with van der Waals surface area (Å²) >= 11 is 0. The standard InChI is InChI=1S/C46H35NO/c1-4-10-40-34(7-1)39-26-33(15-18-41(39)46(40)31-20-27-19-28(22-31)23-32(46)21-27)47-42-11-5-2-8-35(42)36-16-13-29(24-43(36)47)30-14-17-38-37-9-3-6-12-44(37)48-45(38)25-30/h1-18,24-28,31-32H,19-23H2. The van der Waals surface area contributed by atoms with Crippen LogP contribution in [0.2, 0.25) is 0 Å². The van der Waals surface area contributed by atoms with Gasteiger partial charge in [-0.2, -0.15) is 0 Å². The Morgan fingerprint density at radius 2 is 1.12 bits per heavy atom. The molecule has 2 heterocycles. The maximum Gasteiger partial charge on any atom is 0.136 e. The number of furan rings is 1. The fourth-order valence-electron chi connectivity index (χ4n) is 11.6. The number of aromatic nitrogens is 1. The van der Waals surface area contributed by atoms with E-state index in [0.717, 1.165) is 34.8 Å². The van der Waals surface area contributed by atoms with E-state index in [2.05, 4.69) is 126 Å². The summed E-state index contributed by atoms with van der Waals surface area (Å²) in [6, 6.07) is 47.9. The molecular formula is C46H35NO. The highest BCUT2D eigenvalue weighted by Gasteiger charge is 2.61. The van der Waals surface area contributed by atoms with E-state index in [9.17, 15) is 0 Å². The van der Waals surface area contributed by atoms with Crippen molar-refractivity contribution in [1.82, 2.24) is 4.57 Å². The Kier molecular flexibility index (Phi) is 4.91. The Morgan fingerprint density at radius 1 is 0.479 bits per heavy atom. The molecule has 2 nitrogen and oxygen atoms in total. The van der Waals surface area contributed by atoms with Crippen LogP contribution in [0.25, 0.3) is 71.7 Å². The van der Waals surface area contributed by atoms with Crippen molar-refractivity contribution < 1.29 is 4.42 Å². The van der Waals surface area contributed by atoms with Gasteiger partial charge in [0.2, 0.25) is 0 Å². The summed E-state index contributed by atoms with van der Waals surface area (Å²) in [5.41, 5.74) is 14.4. The number of benzene rings is 6. The SMILES string of the molecule is c1ccc2c(c1)-c1cc(-n3c4ccccc4c4ccc(-c5ccc6c(c5)oc5ccccc56)cc43)ccc1C21C2CC3CC(C2)CC1C3. The van der Waals surface area contributed by atoms with Crippen LogP contribution < -0.4 is 0 Å². The van der Waals surface area contributed by atoms with Gasteiger partial charge in [0, 0.05) is 32.6 Å². The van der Waals surface area contributed by atoms with E-state index in [0.29, 0.717) is 0 Å². The minimum Gasteiger partial charge on any atom is -0.456 e. The quantitative estimate of drug-likeness (QED) is 0.189. The molecule has 0 aliphatic heterocycles. The molecule has 230 valence electrons. The molecule has 4 saturated carbocycles. The number of hydrogen-bond acceptors (Lipinski definition) is 1. The second-order valence-corrected chi connectivity index (χ2v) is 15.3. The van der Waals surface area contributed by atoms with E-state index in [1.807, 2.05) is 6.07 Å². The van der Waals surface area contributed by atoms with Gasteiger partial charge >= 0.3 is 0 Å². The third-order valence-electron chi connectivity index (χ3n) is 13.2. The summed E-state index contributed by atoms with van der Waals surface area (Å²) in [4.78, 5) is 0. The van der Waals surface area contributed by atoms with Gasteiger partial charge in [0.15, 0.2) is 0 Å². The van der Waals surface area contributed by atoms with Crippen molar-refractivity contribution in [3.05, 3.63) is 139 Å². The lowest BCUT2D eigenvalue weighted by atomic mass is 9.43. The Balaban J connectivity index is 1.06. The fourth-order valence-corrected chi connectivity index (χ4v) is 11.6. The van der Waals surface area contributed by atoms with Crippen molar-refractivity contribution in [2.75, 3.05) is 0 Å². The molecule has 4 bridgehead atoms. The molecule has 48 heavy (non-hydrogen) atoms. The zero-order valence-electron chi connectivity index (χ0n) is 26.8. The third kappa shape index (κ3) is 3.19. The van der Waals surface area contributed by atoms with Crippen LogP contribution >= 0.6 is 0 Å². The van der Waals surface area contributed by atoms with Gasteiger partial charge in [-0.05, 0) is 132 Å². The first kappa shape index (κ1) is 25.9. The summed E-state index contributed by atoms with van der Waals surface area (Å²) in [5.74, 6) is 3.46. The Morgan fingerprint density at radius 3 is 1.98 bits per heavy atom. The van der Waals surface area contributed by atoms with Gasteiger partial charge in [-0.25, -0.2) is 0 Å². The van der Waals surface area contributed by atoms with Crippen LogP contribution in [0.5, 0.6) is 0 Å². The maximum absolute atomic E-state index is 6.29. The van der Waals surface area contributed by atoms with Crippen molar-refractivity contribution >= 4 is 43.7 Å². The molecule has 8 aromatic rings. The number of nitrogens with zero attached hydrogens (tertiary/aromatic N) is 1. The Hall–Kier alpha value is -5.08. The van der Waals surface area contributed by atoms with Gasteiger partial charge in [0.25, 0.3) is 0 Å². The first-order valence-corrected chi connectivity index (χ1v) is 17.9. The highest BCUT2D eigenvalue weighted by atomic mass is 16.3. The Labute approximate surface area is 279 Å². The van der Waals surface area contributed by atoms with Crippen LogP contribution in [0.4, 0.5) is 0 Å². The van der Waals surface area contributed by atoms with E-state index >= 15 is 0 Å². The highest BCUT2D eigenvalue weighted by Crippen LogP contribution is 2.69. The topological polar surface area (TPSA) is 18.1 Å². The number of hydrogen-bond donors (Lipinski definition) is 0. The molecule has 13 rings (SSSR count). The zero-order valence-corrected chi connectivity index (χ0v) is 26.8. The first-order valence-electron chi connectivity index (χ1n) is 17.9. The largest absolute Gasteiger partial charge is 0.456 e. The summed E-state index contributed by atoms with van der Waals surface area (Å²) < 4.78 is 8.80. The molecule has 0 unspecified atom stereocenters. The molecule has 0 atom stereocenters. The first-order chi connectivity index (χ1) is 23.7. The average molecular weight is 618 g/mol. The summed E-state index contributed by atoms with van der Waals surface area (Å²) in [6.45, 7) is 0. The van der Waals surface area contributed by atoms with Gasteiger partial charge in [0.05, 0.1) is 11.0 Å². The lowest BCUT2D eigenvalue weighted by molar-refractivity contribution is -0.0399. The van der Waals surface area contributed by atoms with Crippen LogP contribution in [0, 0.1) is 23.7 Å². The maximum atomic E-state index is 6.29. The second kappa shape index (κ2) is 9.08. The van der Waals surface area contributed by atoms with Crippen LogP contribution in [-0.2, 0) is 5.41 Å². The van der Waals surface area contributed by atoms with Gasteiger partial charge in [-0.3, -0.25) is 0 Å². The van der Waals surface area contributed by atoms with Crippen LogP contribution in [0.3, 0.4) is 0 Å².